The van der Waals surface area contributed by atoms with Gasteiger partial charge in [0.2, 0.25) is 5.91 Å². The molecule has 8 nitrogen and oxygen atoms in total. The van der Waals surface area contributed by atoms with E-state index >= 15 is 0 Å². The highest BCUT2D eigenvalue weighted by atomic mass is 16.5. The fraction of sp³-hybridized carbons (Fsp3) is 0.263. The zero-order valence-corrected chi connectivity index (χ0v) is 26.6. The molecule has 0 atom stereocenters. The van der Waals surface area contributed by atoms with E-state index in [0.29, 0.717) is 34.2 Å². The average molecular weight is 617 g/mol. The Morgan fingerprint density at radius 3 is 2.24 bits per heavy atom. The summed E-state index contributed by atoms with van der Waals surface area (Å²) in [5.41, 5.74) is 5.34. The second-order valence-electron chi connectivity index (χ2n) is 12.0. The number of carbonyl (C=O) groups is 2. The molecule has 0 bridgehead atoms. The highest BCUT2D eigenvalue weighted by Gasteiger charge is 2.16. The second kappa shape index (κ2) is 13.9. The molecule has 0 spiro atoms. The number of nitrogens with one attached hydrogen (secondary N) is 2. The maximum atomic E-state index is 13.2. The third-order valence-electron chi connectivity index (χ3n) is 8.34. The highest BCUT2D eigenvalue weighted by molar-refractivity contribution is 6.04. The van der Waals surface area contributed by atoms with Gasteiger partial charge in [0.1, 0.15) is 5.75 Å². The van der Waals surface area contributed by atoms with Crippen LogP contribution in [0.1, 0.15) is 49.0 Å². The summed E-state index contributed by atoms with van der Waals surface area (Å²) in [7, 11) is 1.56. The van der Waals surface area contributed by atoms with Crippen LogP contribution >= 0.6 is 0 Å². The van der Waals surface area contributed by atoms with Crippen LogP contribution in [0, 0.1) is 5.92 Å². The molecule has 1 fully saturated rings. The lowest BCUT2D eigenvalue weighted by Crippen LogP contribution is -2.28. The summed E-state index contributed by atoms with van der Waals surface area (Å²) in [5, 5.41) is 7.10. The van der Waals surface area contributed by atoms with Crippen LogP contribution in [0.4, 0.5) is 11.4 Å². The Hall–Kier alpha value is -5.08. The topological polar surface area (TPSA) is 84.8 Å². The Morgan fingerprint density at radius 1 is 0.804 bits per heavy atom. The lowest BCUT2D eigenvalue weighted by atomic mass is 10.1. The zero-order valence-electron chi connectivity index (χ0n) is 26.6. The molecule has 0 unspecified atom stereocenters. The third kappa shape index (κ3) is 7.08. The minimum absolute atomic E-state index is 0.0457. The van der Waals surface area contributed by atoms with Gasteiger partial charge in [0.15, 0.2) is 11.5 Å². The number of benzene rings is 4. The van der Waals surface area contributed by atoms with Crippen molar-refractivity contribution in [1.29, 1.82) is 0 Å². The van der Waals surface area contributed by atoms with E-state index in [1.807, 2.05) is 38.1 Å². The molecule has 0 aliphatic carbocycles. The highest BCUT2D eigenvalue weighted by Crippen LogP contribution is 2.34. The molecule has 2 N–H and O–H groups in total. The number of piperidine rings is 1. The molecule has 4 aromatic carbocycles. The van der Waals surface area contributed by atoms with Crippen LogP contribution < -0.4 is 20.1 Å². The predicted octanol–water partition coefficient (Wildman–Crippen LogP) is 8.26. The van der Waals surface area contributed by atoms with E-state index in [1.54, 1.807) is 49.6 Å². The molecule has 2 heterocycles. The van der Waals surface area contributed by atoms with Gasteiger partial charge in [-0.2, -0.15) is 0 Å². The van der Waals surface area contributed by atoms with Gasteiger partial charge in [-0.25, -0.2) is 0 Å². The normalized spacial score (nSPS) is 13.5. The minimum atomic E-state index is -0.218. The fourth-order valence-corrected chi connectivity index (χ4v) is 5.77. The molecule has 1 aliphatic heterocycles. The van der Waals surface area contributed by atoms with Crippen LogP contribution in [-0.2, 0) is 11.3 Å². The second-order valence-corrected chi connectivity index (χ2v) is 12.0. The van der Waals surface area contributed by atoms with E-state index < -0.39 is 0 Å². The first-order valence-electron chi connectivity index (χ1n) is 15.9. The molecular formula is C38H40N4O4. The fourth-order valence-electron chi connectivity index (χ4n) is 5.77. The lowest BCUT2D eigenvalue weighted by Gasteiger charge is -2.26. The number of fused-ring (bicyclic) bond motifs is 1. The van der Waals surface area contributed by atoms with Crippen molar-refractivity contribution in [3.63, 3.8) is 0 Å². The molecule has 1 aromatic heterocycles. The molecule has 236 valence electrons. The van der Waals surface area contributed by atoms with Gasteiger partial charge in [0.05, 0.1) is 12.6 Å². The van der Waals surface area contributed by atoms with Crippen molar-refractivity contribution in [1.82, 2.24) is 9.47 Å². The number of likely N-dealkylation sites (tertiary alicyclic amines) is 1. The van der Waals surface area contributed by atoms with Gasteiger partial charge < -0.3 is 24.7 Å². The van der Waals surface area contributed by atoms with Crippen molar-refractivity contribution >= 4 is 34.1 Å². The Bertz CT molecular complexity index is 1820. The maximum absolute atomic E-state index is 13.2. The molecule has 8 heteroatoms. The summed E-state index contributed by atoms with van der Waals surface area (Å²) in [5.74, 6) is 1.20. The van der Waals surface area contributed by atoms with Gasteiger partial charge in [0.25, 0.3) is 5.91 Å². The van der Waals surface area contributed by atoms with E-state index in [0.717, 1.165) is 30.8 Å². The number of hydrogen-bond donors (Lipinski definition) is 2. The molecule has 1 aliphatic rings. The van der Waals surface area contributed by atoms with E-state index in [-0.39, 0.29) is 17.7 Å². The monoisotopic (exact) mass is 616 g/mol. The number of aromatic nitrogens is 1. The number of amides is 2. The zero-order chi connectivity index (χ0) is 32.0. The van der Waals surface area contributed by atoms with Crippen molar-refractivity contribution in [2.75, 3.05) is 30.8 Å². The van der Waals surface area contributed by atoms with E-state index in [9.17, 15) is 9.59 Å². The quantitative estimate of drug-likeness (QED) is 0.165. The molecule has 0 saturated carbocycles. The molecule has 6 rings (SSSR count). The van der Waals surface area contributed by atoms with Crippen molar-refractivity contribution in [3.05, 3.63) is 108 Å². The summed E-state index contributed by atoms with van der Waals surface area (Å²) in [6.07, 6.45) is 6.10. The summed E-state index contributed by atoms with van der Waals surface area (Å²) in [4.78, 5) is 27.7. The van der Waals surface area contributed by atoms with Gasteiger partial charge >= 0.3 is 0 Å². The van der Waals surface area contributed by atoms with E-state index in [2.05, 4.69) is 50.6 Å². The van der Waals surface area contributed by atoms with Crippen molar-refractivity contribution < 1.29 is 19.1 Å². The first kappa shape index (κ1) is 30.9. The van der Waals surface area contributed by atoms with Crippen molar-refractivity contribution in [2.45, 2.75) is 39.7 Å². The van der Waals surface area contributed by atoms with E-state index in [1.165, 1.54) is 30.2 Å². The van der Waals surface area contributed by atoms with Crippen LogP contribution in [0.15, 0.2) is 97.2 Å². The molecular weight excluding hydrogens is 576 g/mol. The number of methoxy groups -OCH3 is 1. The number of nitrogens with zero attached hydrogens (tertiary/aromatic N) is 2. The Kier molecular flexibility index (Phi) is 9.36. The third-order valence-corrected chi connectivity index (χ3v) is 8.34. The molecule has 5 aromatic rings. The number of rotatable bonds is 10. The van der Waals surface area contributed by atoms with Crippen LogP contribution in [0.2, 0.25) is 0 Å². The summed E-state index contributed by atoms with van der Waals surface area (Å²) in [6, 6.07) is 28.6. The number of para-hydroxylation sites is 1. The van der Waals surface area contributed by atoms with Gasteiger partial charge in [-0.15, -0.1) is 0 Å². The number of carbonyl (C=O) groups excluding carboxylic acids is 2. The van der Waals surface area contributed by atoms with Crippen molar-refractivity contribution in [2.24, 2.45) is 5.92 Å². The summed E-state index contributed by atoms with van der Waals surface area (Å²) >= 11 is 0. The van der Waals surface area contributed by atoms with E-state index in [4.69, 9.17) is 9.47 Å². The first-order chi connectivity index (χ1) is 22.4. The Labute approximate surface area is 269 Å². The number of anilines is 2. The van der Waals surface area contributed by atoms with Crippen LogP contribution in [-0.4, -0.2) is 41.5 Å². The van der Waals surface area contributed by atoms with Crippen LogP contribution in [0.5, 0.6) is 17.2 Å². The summed E-state index contributed by atoms with van der Waals surface area (Å²) < 4.78 is 13.8. The van der Waals surface area contributed by atoms with Crippen molar-refractivity contribution in [3.8, 4) is 22.9 Å². The van der Waals surface area contributed by atoms with Crippen LogP contribution in [0.3, 0.4) is 0 Å². The van der Waals surface area contributed by atoms with Gasteiger partial charge in [-0.1, -0.05) is 38.5 Å². The Balaban J connectivity index is 1.13. The maximum Gasteiger partial charge on any atom is 0.255 e. The predicted molar refractivity (Wildman–Crippen MR) is 183 cm³/mol. The molecule has 1 saturated heterocycles. The smallest absolute Gasteiger partial charge is 0.255 e. The minimum Gasteiger partial charge on any atom is -0.493 e. The SMILES string of the molecule is COc1cc(NC(=O)c2ccc(-n3cc(CN4CCCCC4)c4ccccc43)cc2)ccc1Oc1ccc(NC(=O)C(C)C)cc1. The summed E-state index contributed by atoms with van der Waals surface area (Å²) in [6.45, 7) is 6.95. The van der Waals surface area contributed by atoms with Gasteiger partial charge in [0, 0.05) is 52.7 Å². The van der Waals surface area contributed by atoms with Crippen LogP contribution in [0.25, 0.3) is 16.6 Å². The standard InChI is InChI=1S/C38H40N4O4/c1-26(2)37(43)39-29-13-18-32(19-14-29)46-35-20-15-30(23-36(35)45-3)40-38(44)27-11-16-31(17-12-27)42-25-28(24-41-21-7-4-8-22-41)33-9-5-6-10-34(33)42/h5-6,9-20,23,25-26H,4,7-8,21-22,24H2,1-3H3,(H,39,43)(H,40,44). The van der Waals surface area contributed by atoms with Gasteiger partial charge in [-0.3, -0.25) is 14.5 Å². The lowest BCUT2D eigenvalue weighted by molar-refractivity contribution is -0.118. The number of ether oxygens (including phenoxy) is 2. The molecule has 2 amide bonds. The largest absolute Gasteiger partial charge is 0.493 e. The Morgan fingerprint density at radius 2 is 1.52 bits per heavy atom. The molecule has 46 heavy (non-hydrogen) atoms. The number of hydrogen-bond acceptors (Lipinski definition) is 5. The van der Waals surface area contributed by atoms with Gasteiger partial charge in [-0.05, 0) is 98.2 Å². The molecule has 0 radical (unpaired) electrons. The first-order valence-corrected chi connectivity index (χ1v) is 15.9. The average Bonchev–Trinajstić information content (AvgIpc) is 3.44.